The maximum atomic E-state index is 10.2. The molecule has 0 amide bonds. The SMILES string of the molecule is COc1ccc(C(O)Cc2ccc(Cl)cc2Cl)cn1. The van der Waals surface area contributed by atoms with E-state index in [1.165, 1.54) is 0 Å². The van der Waals surface area contributed by atoms with E-state index in [1.807, 2.05) is 6.07 Å². The Balaban J connectivity index is 2.13. The van der Waals surface area contributed by atoms with E-state index in [0.717, 1.165) is 5.56 Å². The summed E-state index contributed by atoms with van der Waals surface area (Å²) in [5.41, 5.74) is 1.56. The maximum Gasteiger partial charge on any atom is 0.212 e. The smallest absolute Gasteiger partial charge is 0.212 e. The molecule has 0 radical (unpaired) electrons. The monoisotopic (exact) mass is 297 g/mol. The summed E-state index contributed by atoms with van der Waals surface area (Å²) in [7, 11) is 1.55. The van der Waals surface area contributed by atoms with Crippen molar-refractivity contribution < 1.29 is 9.84 Å². The number of nitrogens with zero attached hydrogens (tertiary/aromatic N) is 1. The standard InChI is InChI=1S/C14H13Cl2NO2/c1-19-14-5-3-10(8-17-14)13(18)6-9-2-4-11(15)7-12(9)16/h2-5,7-8,13,18H,6H2,1H3. The van der Waals surface area contributed by atoms with E-state index in [2.05, 4.69) is 4.98 Å². The molecule has 1 aromatic heterocycles. The van der Waals surface area contributed by atoms with Crippen LogP contribution in [0, 0.1) is 0 Å². The Kier molecular flexibility index (Phi) is 4.64. The van der Waals surface area contributed by atoms with Crippen LogP contribution in [0.15, 0.2) is 36.5 Å². The first-order valence-electron chi connectivity index (χ1n) is 5.72. The summed E-state index contributed by atoms with van der Waals surface area (Å²) in [5, 5.41) is 11.3. The normalized spacial score (nSPS) is 12.2. The summed E-state index contributed by atoms with van der Waals surface area (Å²) in [4.78, 5) is 4.06. The molecule has 5 heteroatoms. The minimum Gasteiger partial charge on any atom is -0.481 e. The number of pyridine rings is 1. The molecule has 0 fully saturated rings. The van der Waals surface area contributed by atoms with Gasteiger partial charge >= 0.3 is 0 Å². The molecule has 19 heavy (non-hydrogen) atoms. The zero-order chi connectivity index (χ0) is 13.8. The van der Waals surface area contributed by atoms with Gasteiger partial charge in [-0.3, -0.25) is 0 Å². The van der Waals surface area contributed by atoms with Crippen LogP contribution >= 0.6 is 23.2 Å². The van der Waals surface area contributed by atoms with Crippen LogP contribution in [-0.4, -0.2) is 17.2 Å². The van der Waals surface area contributed by atoms with Crippen molar-refractivity contribution in [3.8, 4) is 5.88 Å². The van der Waals surface area contributed by atoms with Crippen molar-refractivity contribution in [1.29, 1.82) is 0 Å². The van der Waals surface area contributed by atoms with Gasteiger partial charge in [-0.15, -0.1) is 0 Å². The highest BCUT2D eigenvalue weighted by Crippen LogP contribution is 2.26. The maximum absolute atomic E-state index is 10.2. The molecule has 0 saturated heterocycles. The Labute approximate surface area is 121 Å². The first-order chi connectivity index (χ1) is 9.10. The third kappa shape index (κ3) is 3.60. The predicted octanol–water partition coefficient (Wildman–Crippen LogP) is 3.67. The first kappa shape index (κ1) is 14.1. The average molecular weight is 298 g/mol. The lowest BCUT2D eigenvalue weighted by Crippen LogP contribution is -2.03. The number of methoxy groups -OCH3 is 1. The first-order valence-corrected chi connectivity index (χ1v) is 6.47. The second-order valence-corrected chi connectivity index (χ2v) is 4.93. The van der Waals surface area contributed by atoms with Gasteiger partial charge in [0.15, 0.2) is 0 Å². The van der Waals surface area contributed by atoms with Crippen LogP contribution < -0.4 is 4.74 Å². The van der Waals surface area contributed by atoms with Gasteiger partial charge in [-0.2, -0.15) is 0 Å². The number of halogens is 2. The molecule has 1 aromatic carbocycles. The van der Waals surface area contributed by atoms with Crippen molar-refractivity contribution >= 4 is 23.2 Å². The zero-order valence-electron chi connectivity index (χ0n) is 10.3. The van der Waals surface area contributed by atoms with Gasteiger partial charge in [-0.1, -0.05) is 29.3 Å². The van der Waals surface area contributed by atoms with Crippen molar-refractivity contribution in [2.75, 3.05) is 7.11 Å². The van der Waals surface area contributed by atoms with Crippen LogP contribution in [0.4, 0.5) is 0 Å². The van der Waals surface area contributed by atoms with Gasteiger partial charge < -0.3 is 9.84 Å². The molecule has 0 bridgehead atoms. The van der Waals surface area contributed by atoms with E-state index in [-0.39, 0.29) is 0 Å². The molecule has 0 saturated carbocycles. The van der Waals surface area contributed by atoms with Gasteiger partial charge in [0.1, 0.15) is 0 Å². The number of aromatic nitrogens is 1. The molecule has 1 N–H and O–H groups in total. The Bertz CT molecular complexity index is 558. The molecular formula is C14H13Cl2NO2. The minimum atomic E-state index is -0.669. The van der Waals surface area contributed by atoms with Gasteiger partial charge in [-0.25, -0.2) is 4.98 Å². The van der Waals surface area contributed by atoms with Gasteiger partial charge in [0.2, 0.25) is 5.88 Å². The average Bonchev–Trinajstić information content (AvgIpc) is 2.42. The fourth-order valence-corrected chi connectivity index (χ4v) is 2.21. The van der Waals surface area contributed by atoms with Crippen molar-refractivity contribution in [2.45, 2.75) is 12.5 Å². The summed E-state index contributed by atoms with van der Waals surface area (Å²) >= 11 is 11.9. The molecule has 0 aliphatic heterocycles. The molecule has 1 heterocycles. The minimum absolute atomic E-state index is 0.407. The van der Waals surface area contributed by atoms with Crippen molar-refractivity contribution in [3.63, 3.8) is 0 Å². The largest absolute Gasteiger partial charge is 0.481 e. The molecule has 0 spiro atoms. The Morgan fingerprint density at radius 3 is 2.63 bits per heavy atom. The van der Waals surface area contributed by atoms with Gasteiger partial charge in [-0.05, 0) is 29.3 Å². The number of hydrogen-bond donors (Lipinski definition) is 1. The number of aliphatic hydroxyl groups is 1. The second-order valence-electron chi connectivity index (χ2n) is 4.09. The summed E-state index contributed by atoms with van der Waals surface area (Å²) < 4.78 is 4.97. The quantitative estimate of drug-likeness (QED) is 0.936. The molecule has 100 valence electrons. The number of aliphatic hydroxyl groups excluding tert-OH is 1. The van der Waals surface area contributed by atoms with E-state index in [4.69, 9.17) is 27.9 Å². The van der Waals surface area contributed by atoms with Crippen molar-refractivity contribution in [2.24, 2.45) is 0 Å². The lowest BCUT2D eigenvalue weighted by atomic mass is 10.0. The van der Waals surface area contributed by atoms with Crippen LogP contribution in [0.1, 0.15) is 17.2 Å². The fourth-order valence-electron chi connectivity index (χ4n) is 1.72. The van der Waals surface area contributed by atoms with Crippen molar-refractivity contribution in [1.82, 2.24) is 4.98 Å². The van der Waals surface area contributed by atoms with E-state index in [9.17, 15) is 5.11 Å². The third-order valence-corrected chi connectivity index (χ3v) is 3.37. The summed E-state index contributed by atoms with van der Waals surface area (Å²) in [6, 6.07) is 8.71. The number of benzene rings is 1. The highest BCUT2D eigenvalue weighted by atomic mass is 35.5. The summed E-state index contributed by atoms with van der Waals surface area (Å²) in [5.74, 6) is 0.514. The fraction of sp³-hybridized carbons (Fsp3) is 0.214. The van der Waals surface area contributed by atoms with Crippen molar-refractivity contribution in [3.05, 3.63) is 57.7 Å². The van der Waals surface area contributed by atoms with Gasteiger partial charge in [0.05, 0.1) is 13.2 Å². The summed E-state index contributed by atoms with van der Waals surface area (Å²) in [6.45, 7) is 0. The van der Waals surface area contributed by atoms with Crippen LogP contribution in [0.2, 0.25) is 10.0 Å². The number of rotatable bonds is 4. The van der Waals surface area contributed by atoms with E-state index in [0.29, 0.717) is 27.9 Å². The molecule has 2 rings (SSSR count). The molecule has 0 aliphatic rings. The highest BCUT2D eigenvalue weighted by molar-refractivity contribution is 6.35. The highest BCUT2D eigenvalue weighted by Gasteiger charge is 2.12. The zero-order valence-corrected chi connectivity index (χ0v) is 11.8. The van der Waals surface area contributed by atoms with E-state index < -0.39 is 6.10 Å². The lowest BCUT2D eigenvalue weighted by Gasteiger charge is -2.12. The molecule has 3 nitrogen and oxygen atoms in total. The molecular weight excluding hydrogens is 285 g/mol. The van der Waals surface area contributed by atoms with Crippen LogP contribution in [0.3, 0.4) is 0 Å². The topological polar surface area (TPSA) is 42.4 Å². The second kappa shape index (κ2) is 6.24. The Hall–Kier alpha value is -1.29. The van der Waals surface area contributed by atoms with E-state index in [1.54, 1.807) is 37.6 Å². The molecule has 1 unspecified atom stereocenters. The number of ether oxygens (including phenoxy) is 1. The van der Waals surface area contributed by atoms with E-state index >= 15 is 0 Å². The third-order valence-electron chi connectivity index (χ3n) is 2.78. The predicted molar refractivity (Wildman–Crippen MR) is 75.9 cm³/mol. The van der Waals surface area contributed by atoms with Crippen LogP contribution in [0.5, 0.6) is 5.88 Å². The van der Waals surface area contributed by atoms with Crippen LogP contribution in [0.25, 0.3) is 0 Å². The lowest BCUT2D eigenvalue weighted by molar-refractivity contribution is 0.178. The van der Waals surface area contributed by atoms with Gasteiger partial charge in [0, 0.05) is 28.7 Å². The Morgan fingerprint density at radius 1 is 1.26 bits per heavy atom. The summed E-state index contributed by atoms with van der Waals surface area (Å²) in [6.07, 6.45) is 1.33. The van der Waals surface area contributed by atoms with Gasteiger partial charge in [0.25, 0.3) is 0 Å². The molecule has 1 atom stereocenters. The molecule has 0 aliphatic carbocycles. The Morgan fingerprint density at radius 2 is 2.05 bits per heavy atom. The number of hydrogen-bond acceptors (Lipinski definition) is 3. The van der Waals surface area contributed by atoms with Crippen LogP contribution in [-0.2, 0) is 6.42 Å². The molecule has 2 aromatic rings.